The molecule has 11 heteroatoms. The minimum Gasteiger partial charge on any atom is -0.330 e. The molecule has 1 aromatic carbocycles. The average Bonchev–Trinajstić information content (AvgIpc) is 3.16. The summed E-state index contributed by atoms with van der Waals surface area (Å²) in [4.78, 5) is 32.3. The number of hydrogen-bond acceptors (Lipinski definition) is 5. The predicted molar refractivity (Wildman–Crippen MR) is 122 cm³/mol. The van der Waals surface area contributed by atoms with Crippen molar-refractivity contribution in [3.05, 3.63) is 63.0 Å². The first kappa shape index (κ1) is 23.0. The normalized spacial score (nSPS) is 19.1. The quantitative estimate of drug-likeness (QED) is 0.602. The highest BCUT2D eigenvalue weighted by atomic mass is 32.2. The first-order valence-corrected chi connectivity index (χ1v) is 12.5. The second-order valence-corrected chi connectivity index (χ2v) is 10.5. The molecule has 4 rings (SSSR count). The van der Waals surface area contributed by atoms with Crippen LogP contribution in [0.3, 0.4) is 0 Å². The van der Waals surface area contributed by atoms with Gasteiger partial charge in [0.05, 0.1) is 29.2 Å². The molecule has 0 unspecified atom stereocenters. The third-order valence-corrected chi connectivity index (χ3v) is 6.69. The van der Waals surface area contributed by atoms with Gasteiger partial charge in [0, 0.05) is 23.9 Å². The standard InChI is InChI=1S/C22H26FN5O4S/c1-12-7-8-27(22(30)16-10-15(23)5-6-17(16)26-33(4,31)32)19(9-12)18-11-20-24-14(3)13(2)21(29)28(20)25-18/h5-6,10-12,19,25-26H,7-9H2,1-4H3/t12-,19+/m1/s1. The fourth-order valence-corrected chi connectivity index (χ4v) is 4.80. The van der Waals surface area contributed by atoms with Crippen LogP contribution in [-0.2, 0) is 10.0 Å². The van der Waals surface area contributed by atoms with E-state index < -0.39 is 27.8 Å². The SMILES string of the molecule is Cc1nc2cc([C@@H]3C[C@H](C)CCN3C(=O)c3cc(F)ccc3NS(C)(=O)=O)[nH]n2c(=O)c1C. The van der Waals surface area contributed by atoms with Gasteiger partial charge < -0.3 is 4.90 Å². The number of carbonyl (C=O) groups excluding carboxylic acids is 1. The molecular weight excluding hydrogens is 449 g/mol. The van der Waals surface area contributed by atoms with Gasteiger partial charge >= 0.3 is 0 Å². The number of likely N-dealkylation sites (tertiary alicyclic amines) is 1. The van der Waals surface area contributed by atoms with E-state index in [4.69, 9.17) is 0 Å². The third-order valence-electron chi connectivity index (χ3n) is 6.10. The number of nitrogens with one attached hydrogen (secondary N) is 2. The molecule has 1 saturated heterocycles. The van der Waals surface area contributed by atoms with Gasteiger partial charge in [0.15, 0.2) is 5.65 Å². The van der Waals surface area contributed by atoms with E-state index >= 15 is 0 Å². The summed E-state index contributed by atoms with van der Waals surface area (Å²) >= 11 is 0. The Morgan fingerprint density at radius 2 is 2.00 bits per heavy atom. The lowest BCUT2D eigenvalue weighted by atomic mass is 9.90. The highest BCUT2D eigenvalue weighted by Gasteiger charge is 2.34. The average molecular weight is 476 g/mol. The molecule has 1 amide bonds. The lowest BCUT2D eigenvalue weighted by Gasteiger charge is -2.38. The van der Waals surface area contributed by atoms with Crippen LogP contribution in [0.2, 0.25) is 0 Å². The first-order valence-electron chi connectivity index (χ1n) is 10.6. The summed E-state index contributed by atoms with van der Waals surface area (Å²) in [5.41, 5.74) is 1.98. The summed E-state index contributed by atoms with van der Waals surface area (Å²) < 4.78 is 41.3. The van der Waals surface area contributed by atoms with Gasteiger partial charge in [-0.05, 0) is 50.8 Å². The van der Waals surface area contributed by atoms with Gasteiger partial charge in [0.1, 0.15) is 5.82 Å². The van der Waals surface area contributed by atoms with Gasteiger partial charge in [-0.2, -0.15) is 0 Å². The maximum absolute atomic E-state index is 14.0. The zero-order chi connectivity index (χ0) is 24.1. The number of aryl methyl sites for hydroxylation is 1. The summed E-state index contributed by atoms with van der Waals surface area (Å²) in [5.74, 6) is -0.838. The molecule has 3 heterocycles. The van der Waals surface area contributed by atoms with Crippen molar-refractivity contribution in [3.63, 3.8) is 0 Å². The number of amides is 1. The molecule has 9 nitrogen and oxygen atoms in total. The lowest BCUT2D eigenvalue weighted by Crippen LogP contribution is -2.41. The van der Waals surface area contributed by atoms with Crippen molar-refractivity contribution in [2.75, 3.05) is 17.5 Å². The topological polar surface area (TPSA) is 117 Å². The van der Waals surface area contributed by atoms with E-state index in [0.717, 1.165) is 24.8 Å². The minimum atomic E-state index is -3.68. The lowest BCUT2D eigenvalue weighted by molar-refractivity contribution is 0.0552. The molecule has 0 aliphatic carbocycles. The van der Waals surface area contributed by atoms with Crippen LogP contribution in [0, 0.1) is 25.6 Å². The molecule has 1 fully saturated rings. The number of halogens is 1. The van der Waals surface area contributed by atoms with Gasteiger partial charge in [0.2, 0.25) is 10.0 Å². The van der Waals surface area contributed by atoms with Gasteiger partial charge in [0.25, 0.3) is 11.5 Å². The Labute approximate surface area is 190 Å². The molecule has 3 aromatic rings. The maximum atomic E-state index is 14.0. The molecule has 2 atom stereocenters. The smallest absolute Gasteiger partial charge is 0.275 e. The summed E-state index contributed by atoms with van der Waals surface area (Å²) in [7, 11) is -3.68. The number of sulfonamides is 1. The third kappa shape index (κ3) is 4.50. The Hall–Kier alpha value is -3.21. The number of H-pyrrole nitrogens is 1. The van der Waals surface area contributed by atoms with E-state index in [-0.39, 0.29) is 16.8 Å². The van der Waals surface area contributed by atoms with Crippen molar-refractivity contribution in [1.82, 2.24) is 19.5 Å². The number of nitrogens with zero attached hydrogens (tertiary/aromatic N) is 3. The fraction of sp³-hybridized carbons (Fsp3) is 0.409. The van der Waals surface area contributed by atoms with Crippen LogP contribution >= 0.6 is 0 Å². The van der Waals surface area contributed by atoms with Crippen LogP contribution in [0.15, 0.2) is 29.1 Å². The zero-order valence-corrected chi connectivity index (χ0v) is 19.7. The van der Waals surface area contributed by atoms with E-state index in [0.29, 0.717) is 41.5 Å². The van der Waals surface area contributed by atoms with Crippen molar-refractivity contribution in [1.29, 1.82) is 0 Å². The van der Waals surface area contributed by atoms with E-state index in [9.17, 15) is 22.4 Å². The van der Waals surface area contributed by atoms with Crippen molar-refractivity contribution >= 4 is 27.3 Å². The summed E-state index contributed by atoms with van der Waals surface area (Å²) in [5, 5.41) is 3.08. The molecule has 33 heavy (non-hydrogen) atoms. The first-order chi connectivity index (χ1) is 15.4. The number of hydrogen-bond donors (Lipinski definition) is 2. The molecule has 176 valence electrons. The Bertz CT molecular complexity index is 1410. The van der Waals surface area contributed by atoms with Crippen molar-refractivity contribution in [3.8, 4) is 0 Å². The monoisotopic (exact) mass is 475 g/mol. The molecule has 1 aliphatic rings. The van der Waals surface area contributed by atoms with Gasteiger partial charge in [-0.1, -0.05) is 6.92 Å². The largest absolute Gasteiger partial charge is 0.330 e. The number of aromatic nitrogens is 3. The molecule has 2 aromatic heterocycles. The number of anilines is 1. The molecule has 0 spiro atoms. The maximum Gasteiger partial charge on any atom is 0.275 e. The molecule has 1 aliphatic heterocycles. The molecule has 0 radical (unpaired) electrons. The molecular formula is C22H26FN5O4S. The number of rotatable bonds is 4. The number of aromatic amines is 1. The van der Waals surface area contributed by atoms with E-state index in [1.54, 1.807) is 24.8 Å². The van der Waals surface area contributed by atoms with E-state index in [2.05, 4.69) is 21.7 Å². The Kier molecular flexibility index (Phi) is 5.77. The van der Waals surface area contributed by atoms with Gasteiger partial charge in [-0.15, -0.1) is 0 Å². The van der Waals surface area contributed by atoms with E-state index in [1.165, 1.54) is 10.6 Å². The predicted octanol–water partition coefficient (Wildman–Crippen LogP) is 2.76. The summed E-state index contributed by atoms with van der Waals surface area (Å²) in [6.45, 7) is 5.95. The molecule has 2 N–H and O–H groups in total. The number of carbonyl (C=O) groups is 1. The second-order valence-electron chi connectivity index (χ2n) is 8.74. The van der Waals surface area contributed by atoms with Crippen molar-refractivity contribution in [2.45, 2.75) is 39.7 Å². The van der Waals surface area contributed by atoms with Crippen LogP contribution in [0.4, 0.5) is 10.1 Å². The minimum absolute atomic E-state index is 0.0158. The Morgan fingerprint density at radius 1 is 1.27 bits per heavy atom. The van der Waals surface area contributed by atoms with Gasteiger partial charge in [-0.25, -0.2) is 22.3 Å². The fourth-order valence-electron chi connectivity index (χ4n) is 4.22. The van der Waals surface area contributed by atoms with Crippen LogP contribution in [0.5, 0.6) is 0 Å². The zero-order valence-electron chi connectivity index (χ0n) is 18.8. The molecule has 0 saturated carbocycles. The number of piperidine rings is 1. The van der Waals surface area contributed by atoms with Crippen molar-refractivity contribution in [2.24, 2.45) is 5.92 Å². The summed E-state index contributed by atoms with van der Waals surface area (Å²) in [6, 6.07) is 4.70. The highest BCUT2D eigenvalue weighted by molar-refractivity contribution is 7.92. The van der Waals surface area contributed by atoms with Crippen LogP contribution < -0.4 is 10.3 Å². The Balaban J connectivity index is 1.78. The van der Waals surface area contributed by atoms with Crippen molar-refractivity contribution < 1.29 is 17.6 Å². The highest BCUT2D eigenvalue weighted by Crippen LogP contribution is 2.35. The molecule has 0 bridgehead atoms. The number of fused-ring (bicyclic) bond motifs is 1. The number of benzene rings is 1. The van der Waals surface area contributed by atoms with Crippen LogP contribution in [-0.4, -0.2) is 46.6 Å². The second kappa shape index (κ2) is 8.29. The summed E-state index contributed by atoms with van der Waals surface area (Å²) in [6.07, 6.45) is 2.33. The Morgan fingerprint density at radius 3 is 2.70 bits per heavy atom. The van der Waals surface area contributed by atoms with E-state index in [1.807, 2.05) is 0 Å². The van der Waals surface area contributed by atoms with Crippen LogP contribution in [0.25, 0.3) is 5.65 Å². The van der Waals surface area contributed by atoms with Crippen LogP contribution in [0.1, 0.15) is 53.1 Å². The van der Waals surface area contributed by atoms with Gasteiger partial charge in [-0.3, -0.25) is 19.4 Å².